The van der Waals surface area contributed by atoms with Crippen molar-refractivity contribution >= 4 is 46.9 Å². The zero-order valence-corrected chi connectivity index (χ0v) is 18.8. The highest BCUT2D eigenvalue weighted by Crippen LogP contribution is 2.18. The lowest BCUT2D eigenvalue weighted by Crippen LogP contribution is -2.50. The summed E-state index contributed by atoms with van der Waals surface area (Å²) in [4.78, 5) is 39.9. The van der Waals surface area contributed by atoms with Crippen LogP contribution in [0.15, 0.2) is 54.6 Å². The van der Waals surface area contributed by atoms with E-state index in [1.165, 1.54) is 19.1 Å². The molecule has 0 aliphatic heterocycles. The van der Waals surface area contributed by atoms with Gasteiger partial charge < -0.3 is 20.7 Å². The standard InChI is InChI=1S/C21H21IN4O5/c1-14(19(28)12-24-23)25-20(29)18(11-15-7-9-17(27)10-8-15)26(22)21(30)31-13-16-5-3-2-4-6-16/h2-10,12,14,18,27H,11,13H2,1H3,(H,25,29)/t14-,18-/m0/s1/i22-2. The fourth-order valence-electron chi connectivity index (χ4n) is 2.59. The molecule has 0 aromatic heterocycles. The maximum Gasteiger partial charge on any atom is 0.419 e. The van der Waals surface area contributed by atoms with Gasteiger partial charge in [-0.2, -0.15) is 4.79 Å². The van der Waals surface area contributed by atoms with Crippen molar-refractivity contribution in [3.63, 3.8) is 0 Å². The first-order valence-corrected chi connectivity index (χ1v) is 10.2. The summed E-state index contributed by atoms with van der Waals surface area (Å²) >= 11 is 1.70. The van der Waals surface area contributed by atoms with Crippen LogP contribution in [0.3, 0.4) is 0 Å². The van der Waals surface area contributed by atoms with Gasteiger partial charge in [0.15, 0.2) is 0 Å². The molecule has 2 aromatic carbocycles. The highest BCUT2D eigenvalue weighted by Gasteiger charge is 2.32. The third-order valence-electron chi connectivity index (χ3n) is 4.29. The van der Waals surface area contributed by atoms with Crippen LogP contribution in [0.4, 0.5) is 4.79 Å². The Morgan fingerprint density at radius 2 is 1.81 bits per heavy atom. The van der Waals surface area contributed by atoms with E-state index >= 15 is 0 Å². The van der Waals surface area contributed by atoms with Gasteiger partial charge in [0.25, 0.3) is 5.78 Å². The molecule has 9 nitrogen and oxygen atoms in total. The predicted molar refractivity (Wildman–Crippen MR) is 120 cm³/mol. The molecule has 2 amide bonds. The van der Waals surface area contributed by atoms with Crippen LogP contribution in [0.25, 0.3) is 5.53 Å². The van der Waals surface area contributed by atoms with Crippen LogP contribution in [-0.2, 0) is 27.4 Å². The quantitative estimate of drug-likeness (QED) is 0.168. The summed E-state index contributed by atoms with van der Waals surface area (Å²) in [5, 5.41) is 12.0. The first kappa shape index (κ1) is 24.0. The molecule has 0 aliphatic carbocycles. The minimum atomic E-state index is -1.00. The number of ketones is 1. The van der Waals surface area contributed by atoms with E-state index in [1.807, 2.05) is 18.2 Å². The number of Topliss-reactive ketones (excluding diaryl/α,β-unsaturated/α-hetero) is 1. The fourth-order valence-corrected chi connectivity index (χ4v) is 3.18. The molecule has 2 rings (SSSR count). The number of ether oxygens (including phenoxy) is 1. The Bertz CT molecular complexity index is 961. The minimum Gasteiger partial charge on any atom is -0.508 e. The molecular weight excluding hydrogens is 513 g/mol. The number of halogens is 1. The number of amides is 2. The van der Waals surface area contributed by atoms with Crippen molar-refractivity contribution in [2.75, 3.05) is 0 Å². The number of carbonyl (C=O) groups is 3. The van der Waals surface area contributed by atoms with Gasteiger partial charge in [0.2, 0.25) is 5.91 Å². The van der Waals surface area contributed by atoms with Crippen LogP contribution in [0.5, 0.6) is 5.75 Å². The van der Waals surface area contributed by atoms with Crippen molar-refractivity contribution in [2.45, 2.75) is 32.0 Å². The number of hydrogen-bond acceptors (Lipinski definition) is 5. The number of nitrogens with zero attached hydrogens (tertiary/aromatic N) is 3. The summed E-state index contributed by atoms with van der Waals surface area (Å²) in [6.07, 6.45) is 0.0830. The van der Waals surface area contributed by atoms with Crippen molar-refractivity contribution in [3.05, 3.63) is 71.3 Å². The molecule has 2 aromatic rings. The fraction of sp³-hybridized carbons (Fsp3) is 0.238. The summed E-state index contributed by atoms with van der Waals surface area (Å²) in [7, 11) is 0. The number of aromatic hydroxyl groups is 1. The second-order valence-corrected chi connectivity index (χ2v) is 7.65. The highest BCUT2D eigenvalue weighted by atomic mass is 125. The van der Waals surface area contributed by atoms with Gasteiger partial charge >= 0.3 is 12.3 Å². The molecule has 2 N–H and O–H groups in total. The molecule has 0 bridgehead atoms. The van der Waals surface area contributed by atoms with Crippen molar-refractivity contribution in [2.24, 2.45) is 0 Å². The molecule has 31 heavy (non-hydrogen) atoms. The van der Waals surface area contributed by atoms with Gasteiger partial charge in [-0.15, -0.1) is 0 Å². The van der Waals surface area contributed by atoms with Crippen LogP contribution < -0.4 is 5.32 Å². The predicted octanol–water partition coefficient (Wildman–Crippen LogP) is 2.67. The zero-order chi connectivity index (χ0) is 22.8. The second-order valence-electron chi connectivity index (χ2n) is 6.61. The van der Waals surface area contributed by atoms with Crippen LogP contribution >= 0.6 is 22.9 Å². The molecule has 0 radical (unpaired) electrons. The Kier molecular flexibility index (Phi) is 9.16. The van der Waals surface area contributed by atoms with E-state index in [9.17, 15) is 19.5 Å². The maximum atomic E-state index is 12.9. The number of phenols is 1. The third kappa shape index (κ3) is 7.50. The Balaban J connectivity index is 2.15. The Morgan fingerprint density at radius 1 is 1.16 bits per heavy atom. The lowest BCUT2D eigenvalue weighted by Gasteiger charge is -2.26. The molecule has 2 atom stereocenters. The third-order valence-corrected chi connectivity index (χ3v) is 5.36. The monoisotopic (exact) mass is 534 g/mol. The van der Waals surface area contributed by atoms with E-state index in [-0.39, 0.29) is 18.8 Å². The normalized spacial score (nSPS) is 12.1. The molecule has 0 unspecified atom stereocenters. The summed E-state index contributed by atoms with van der Waals surface area (Å²) in [6.45, 7) is 1.47. The lowest BCUT2D eigenvalue weighted by atomic mass is 10.0. The van der Waals surface area contributed by atoms with Gasteiger partial charge in [-0.05, 0) is 30.2 Å². The number of nitrogens with one attached hydrogen (secondary N) is 1. The maximum absolute atomic E-state index is 12.9. The largest absolute Gasteiger partial charge is 0.508 e. The first-order valence-electron chi connectivity index (χ1n) is 9.27. The summed E-state index contributed by atoms with van der Waals surface area (Å²) < 4.78 is 6.43. The molecule has 162 valence electrons. The van der Waals surface area contributed by atoms with Crippen LogP contribution in [0.2, 0.25) is 0 Å². The molecule has 0 saturated carbocycles. The number of rotatable bonds is 9. The molecular formula is C21H21IN4O5. The van der Waals surface area contributed by atoms with E-state index in [0.717, 1.165) is 8.68 Å². The van der Waals surface area contributed by atoms with Crippen LogP contribution in [0.1, 0.15) is 18.1 Å². The summed E-state index contributed by atoms with van der Waals surface area (Å²) in [5.74, 6) is -1.13. The lowest BCUT2D eigenvalue weighted by molar-refractivity contribution is -0.128. The molecule has 10 heteroatoms. The van der Waals surface area contributed by atoms with Crippen molar-refractivity contribution in [1.82, 2.24) is 8.43 Å². The number of hydrogen-bond donors (Lipinski definition) is 2. The smallest absolute Gasteiger partial charge is 0.419 e. The van der Waals surface area contributed by atoms with Crippen molar-refractivity contribution in [1.29, 1.82) is 0 Å². The topological polar surface area (TPSA) is 132 Å². The van der Waals surface area contributed by atoms with Gasteiger partial charge in [-0.3, -0.25) is 9.59 Å². The van der Waals surface area contributed by atoms with E-state index in [4.69, 9.17) is 10.3 Å². The first-order chi connectivity index (χ1) is 14.8. The molecule has 0 aliphatic rings. The zero-order valence-electron chi connectivity index (χ0n) is 16.6. The highest BCUT2D eigenvalue weighted by molar-refractivity contribution is 14.1. The van der Waals surface area contributed by atoms with Crippen LogP contribution in [0, 0.1) is 0 Å². The average molecular weight is 534 g/mol. The Hall–Kier alpha value is -3.24. The molecule has 0 fully saturated rings. The van der Waals surface area contributed by atoms with Gasteiger partial charge in [0, 0.05) is 6.42 Å². The van der Waals surface area contributed by atoms with E-state index < -0.39 is 29.9 Å². The minimum absolute atomic E-state index is 0.0363. The SMILES string of the molecule is C[C@H](NC(=O)[C@H](Cc1ccc(O)cc1)N([125I])C(=O)OCc1ccccc1)C(=O)C=[N+]=[N-]. The average Bonchev–Trinajstić information content (AvgIpc) is 2.77. The van der Waals surface area contributed by atoms with E-state index in [2.05, 4.69) is 10.1 Å². The van der Waals surface area contributed by atoms with Gasteiger partial charge in [-0.1, -0.05) is 42.5 Å². The molecule has 0 saturated heterocycles. The second kappa shape index (κ2) is 11.8. The molecule has 0 spiro atoms. The number of benzene rings is 2. The van der Waals surface area contributed by atoms with E-state index in [0.29, 0.717) is 11.8 Å². The van der Waals surface area contributed by atoms with Crippen LogP contribution in [-0.4, -0.2) is 49.1 Å². The summed E-state index contributed by atoms with van der Waals surface area (Å²) in [5.41, 5.74) is 9.99. The Labute approximate surface area is 193 Å². The van der Waals surface area contributed by atoms with E-state index in [1.54, 1.807) is 47.1 Å². The number of phenolic OH excluding ortho intramolecular Hbond substituents is 1. The summed E-state index contributed by atoms with van der Waals surface area (Å²) in [6, 6.07) is 13.3. The van der Waals surface area contributed by atoms with Crippen molar-refractivity contribution in [3.8, 4) is 5.75 Å². The van der Waals surface area contributed by atoms with Gasteiger partial charge in [0.1, 0.15) is 18.4 Å². The molecule has 0 heterocycles. The van der Waals surface area contributed by atoms with Gasteiger partial charge in [0.05, 0.1) is 28.9 Å². The Morgan fingerprint density at radius 3 is 2.42 bits per heavy atom. The van der Waals surface area contributed by atoms with Gasteiger partial charge in [-0.25, -0.2) is 7.91 Å². The number of carbonyl (C=O) groups excluding carboxylic acids is 3. The van der Waals surface area contributed by atoms with Crippen molar-refractivity contribution < 1.29 is 29.0 Å².